The monoisotopic (exact) mass is 547 g/mol. The number of carbonyl (C=O) groups is 1. The summed E-state index contributed by atoms with van der Waals surface area (Å²) in [5.41, 5.74) is 11.1. The molecule has 0 spiro atoms. The minimum absolute atomic E-state index is 0.121. The first-order valence-corrected chi connectivity index (χ1v) is 14.0. The van der Waals surface area contributed by atoms with E-state index in [-0.39, 0.29) is 17.9 Å². The molecular weight excluding hydrogens is 514 g/mol. The van der Waals surface area contributed by atoms with Crippen LogP contribution in [-0.4, -0.2) is 54.0 Å². The number of ether oxygens (including phenoxy) is 1. The standard InChI is InChI=1S/C32H33N7O2/c1-38-12-14-39(15-13-38)30-26-11-9-24(17-29(26)36-32(34)37-30)31(40)35-28-7-3-6-23-8-10-25(18-27(23)28)41-20-22-5-2-4-21(16-22)19-33/h2,4-5,8-11,16-18,28H,3,6-7,12-15,20H2,1H3,(H,35,40)(H2,34,36,37). The smallest absolute Gasteiger partial charge is 0.251 e. The number of nitrogen functional groups attached to an aromatic ring is 1. The van der Waals surface area contributed by atoms with Gasteiger partial charge in [-0.3, -0.25) is 4.79 Å². The molecule has 1 aliphatic carbocycles. The first-order chi connectivity index (χ1) is 20.0. The van der Waals surface area contributed by atoms with Crippen LogP contribution in [0.1, 0.15) is 51.5 Å². The molecule has 1 saturated heterocycles. The highest BCUT2D eigenvalue weighted by Gasteiger charge is 2.24. The Labute approximate surface area is 239 Å². The van der Waals surface area contributed by atoms with Gasteiger partial charge in [0.15, 0.2) is 0 Å². The lowest BCUT2D eigenvalue weighted by Crippen LogP contribution is -2.45. The number of amides is 1. The van der Waals surface area contributed by atoms with Crippen molar-refractivity contribution in [2.75, 3.05) is 43.9 Å². The van der Waals surface area contributed by atoms with Gasteiger partial charge in [-0.2, -0.15) is 10.2 Å². The van der Waals surface area contributed by atoms with Gasteiger partial charge in [-0.15, -0.1) is 0 Å². The van der Waals surface area contributed by atoms with Gasteiger partial charge < -0.3 is 25.6 Å². The third-order valence-corrected chi connectivity index (χ3v) is 7.96. The lowest BCUT2D eigenvalue weighted by molar-refractivity contribution is 0.0932. The van der Waals surface area contributed by atoms with Crippen LogP contribution in [0, 0.1) is 11.3 Å². The molecular formula is C32H33N7O2. The third kappa shape index (κ3) is 5.79. The number of nitriles is 1. The van der Waals surface area contributed by atoms with E-state index in [0.29, 0.717) is 23.3 Å². The summed E-state index contributed by atoms with van der Waals surface area (Å²) in [7, 11) is 2.12. The second-order valence-electron chi connectivity index (χ2n) is 10.8. The number of nitrogens with one attached hydrogen (secondary N) is 1. The number of hydrogen-bond acceptors (Lipinski definition) is 8. The Bertz CT molecular complexity index is 1640. The van der Waals surface area contributed by atoms with Crippen LogP contribution in [0.15, 0.2) is 60.7 Å². The molecule has 1 aromatic heterocycles. The van der Waals surface area contributed by atoms with Crippen LogP contribution in [-0.2, 0) is 13.0 Å². The van der Waals surface area contributed by atoms with Crippen molar-refractivity contribution in [3.8, 4) is 11.8 Å². The topological polar surface area (TPSA) is 120 Å². The van der Waals surface area contributed by atoms with E-state index in [1.165, 1.54) is 5.56 Å². The van der Waals surface area contributed by atoms with E-state index in [0.717, 1.165) is 73.5 Å². The van der Waals surface area contributed by atoms with Crippen molar-refractivity contribution in [1.29, 1.82) is 5.26 Å². The first-order valence-electron chi connectivity index (χ1n) is 14.0. The van der Waals surface area contributed by atoms with Crippen LogP contribution >= 0.6 is 0 Å². The Kier molecular flexibility index (Phi) is 7.40. The fourth-order valence-electron chi connectivity index (χ4n) is 5.69. The number of benzene rings is 3. The van der Waals surface area contributed by atoms with Gasteiger partial charge in [0, 0.05) is 37.1 Å². The summed E-state index contributed by atoms with van der Waals surface area (Å²) in [6, 6.07) is 21.1. The SMILES string of the molecule is CN1CCN(c2nc(N)nc3cc(C(=O)NC4CCCc5ccc(OCc6cccc(C#N)c6)cc54)ccc23)CC1. The third-order valence-electron chi connectivity index (χ3n) is 7.96. The van der Waals surface area contributed by atoms with Gasteiger partial charge in [0.05, 0.1) is 23.2 Å². The number of fused-ring (bicyclic) bond motifs is 2. The molecule has 1 amide bonds. The van der Waals surface area contributed by atoms with Gasteiger partial charge in [-0.05, 0) is 85.5 Å². The molecule has 3 aromatic carbocycles. The predicted molar refractivity (Wildman–Crippen MR) is 159 cm³/mol. The maximum absolute atomic E-state index is 13.5. The summed E-state index contributed by atoms with van der Waals surface area (Å²) in [6.45, 7) is 4.00. The summed E-state index contributed by atoms with van der Waals surface area (Å²) in [4.78, 5) is 27.0. The number of likely N-dealkylation sites (N-methyl/N-ethyl adjacent to an activating group) is 1. The van der Waals surface area contributed by atoms with Crippen LogP contribution in [0.25, 0.3) is 10.9 Å². The highest BCUT2D eigenvalue weighted by Crippen LogP contribution is 2.33. The molecule has 0 saturated carbocycles. The molecule has 0 bridgehead atoms. The summed E-state index contributed by atoms with van der Waals surface area (Å²) in [5.74, 6) is 1.61. The Morgan fingerprint density at radius 1 is 1.10 bits per heavy atom. The van der Waals surface area contributed by atoms with Gasteiger partial charge >= 0.3 is 0 Å². The van der Waals surface area contributed by atoms with Gasteiger partial charge in [0.25, 0.3) is 5.91 Å². The fraction of sp³-hybridized carbons (Fsp3) is 0.312. The van der Waals surface area contributed by atoms with Gasteiger partial charge in [-0.1, -0.05) is 18.2 Å². The minimum atomic E-state index is -0.150. The van der Waals surface area contributed by atoms with Gasteiger partial charge in [-0.25, -0.2) is 4.98 Å². The Morgan fingerprint density at radius 2 is 1.95 bits per heavy atom. The van der Waals surface area contributed by atoms with E-state index in [1.54, 1.807) is 12.1 Å². The lowest BCUT2D eigenvalue weighted by atomic mass is 9.87. The summed E-state index contributed by atoms with van der Waals surface area (Å²) in [6.07, 6.45) is 2.81. The fourth-order valence-corrected chi connectivity index (χ4v) is 5.69. The average Bonchev–Trinajstić information content (AvgIpc) is 3.00. The van der Waals surface area contributed by atoms with Crippen molar-refractivity contribution in [1.82, 2.24) is 20.2 Å². The molecule has 1 aliphatic heterocycles. The van der Waals surface area contributed by atoms with Gasteiger partial charge in [0.1, 0.15) is 18.2 Å². The quantitative estimate of drug-likeness (QED) is 0.368. The molecule has 9 nitrogen and oxygen atoms in total. The Morgan fingerprint density at radius 3 is 2.78 bits per heavy atom. The molecule has 1 fully saturated rings. The number of nitrogens with two attached hydrogens (primary N) is 1. The van der Waals surface area contributed by atoms with Crippen LogP contribution < -0.4 is 20.7 Å². The minimum Gasteiger partial charge on any atom is -0.489 e. The lowest BCUT2D eigenvalue weighted by Gasteiger charge is -2.33. The molecule has 9 heteroatoms. The molecule has 6 rings (SSSR count). The molecule has 41 heavy (non-hydrogen) atoms. The molecule has 1 atom stereocenters. The number of anilines is 2. The van der Waals surface area contributed by atoms with Gasteiger partial charge in [0.2, 0.25) is 5.95 Å². The normalized spacial score (nSPS) is 17.1. The Balaban J connectivity index is 1.20. The molecule has 1 unspecified atom stereocenters. The molecule has 3 N–H and O–H groups in total. The number of aryl methyl sites for hydroxylation is 1. The summed E-state index contributed by atoms with van der Waals surface area (Å²) < 4.78 is 6.07. The van der Waals surface area contributed by atoms with E-state index in [4.69, 9.17) is 15.7 Å². The molecule has 4 aromatic rings. The van der Waals surface area contributed by atoms with E-state index < -0.39 is 0 Å². The maximum atomic E-state index is 13.5. The maximum Gasteiger partial charge on any atom is 0.251 e. The second-order valence-corrected chi connectivity index (χ2v) is 10.8. The van der Waals surface area contributed by atoms with E-state index in [1.807, 2.05) is 42.5 Å². The highest BCUT2D eigenvalue weighted by atomic mass is 16.5. The van der Waals surface area contributed by atoms with E-state index >= 15 is 0 Å². The number of rotatable bonds is 6. The van der Waals surface area contributed by atoms with Crippen molar-refractivity contribution in [2.45, 2.75) is 31.9 Å². The molecule has 2 aliphatic rings. The van der Waals surface area contributed by atoms with E-state index in [9.17, 15) is 4.79 Å². The Hall–Kier alpha value is -4.68. The number of aromatic nitrogens is 2. The summed E-state index contributed by atoms with van der Waals surface area (Å²) >= 11 is 0. The van der Waals surface area contributed by atoms with Crippen molar-refractivity contribution >= 4 is 28.6 Å². The number of piperazine rings is 1. The van der Waals surface area contributed by atoms with Crippen molar-refractivity contribution in [3.63, 3.8) is 0 Å². The average molecular weight is 548 g/mol. The number of hydrogen-bond donors (Lipinski definition) is 2. The zero-order chi connectivity index (χ0) is 28.3. The molecule has 0 radical (unpaired) electrons. The highest BCUT2D eigenvalue weighted by molar-refractivity contribution is 6.00. The molecule has 208 valence electrons. The van der Waals surface area contributed by atoms with Crippen molar-refractivity contribution < 1.29 is 9.53 Å². The summed E-state index contributed by atoms with van der Waals surface area (Å²) in [5, 5.41) is 13.3. The number of carbonyl (C=O) groups excluding carboxylic acids is 1. The van der Waals surface area contributed by atoms with E-state index in [2.05, 4.69) is 44.3 Å². The second kappa shape index (κ2) is 11.4. The first kappa shape index (κ1) is 26.5. The van der Waals surface area contributed by atoms with Crippen LogP contribution in [0.5, 0.6) is 5.75 Å². The zero-order valence-electron chi connectivity index (χ0n) is 23.1. The molecule has 2 heterocycles. The largest absolute Gasteiger partial charge is 0.489 e. The number of nitrogens with zero attached hydrogens (tertiary/aromatic N) is 5. The predicted octanol–water partition coefficient (Wildman–Crippen LogP) is 4.22. The van der Waals surface area contributed by atoms with Crippen molar-refractivity contribution in [3.05, 3.63) is 88.5 Å². The van der Waals surface area contributed by atoms with Crippen LogP contribution in [0.2, 0.25) is 0 Å². The zero-order valence-corrected chi connectivity index (χ0v) is 23.1. The van der Waals surface area contributed by atoms with Crippen LogP contribution in [0.3, 0.4) is 0 Å². The van der Waals surface area contributed by atoms with Crippen molar-refractivity contribution in [2.24, 2.45) is 0 Å². The van der Waals surface area contributed by atoms with Crippen LogP contribution in [0.4, 0.5) is 11.8 Å².